The predicted octanol–water partition coefficient (Wildman–Crippen LogP) is 3.04. The summed E-state index contributed by atoms with van der Waals surface area (Å²) >= 11 is 0. The van der Waals surface area contributed by atoms with Crippen LogP contribution in [0.3, 0.4) is 0 Å². The Kier molecular flexibility index (Phi) is 4.44. The Morgan fingerprint density at radius 2 is 1.85 bits per heavy atom. The fraction of sp³-hybridized carbons (Fsp3) is 0.357. The molecule has 0 unspecified atom stereocenters. The van der Waals surface area contributed by atoms with E-state index in [1.54, 1.807) is 12.3 Å². The maximum absolute atomic E-state index is 13.2. The topological polar surface area (TPSA) is 29.9 Å². The monoisotopic (exact) mass is 283 g/mol. The highest BCUT2D eigenvalue weighted by Crippen LogP contribution is 2.16. The molecule has 0 aliphatic heterocycles. The third-order valence-electron chi connectivity index (χ3n) is 2.74. The van der Waals surface area contributed by atoms with E-state index in [2.05, 4.69) is 24.3 Å². The van der Waals surface area contributed by atoms with Crippen LogP contribution < -0.4 is 5.32 Å². The summed E-state index contributed by atoms with van der Waals surface area (Å²) in [4.78, 5) is 0. The lowest BCUT2D eigenvalue weighted by Crippen LogP contribution is -2.19. The summed E-state index contributed by atoms with van der Waals surface area (Å²) in [5.74, 6) is -3.40. The van der Waals surface area contributed by atoms with Crippen LogP contribution in [0.5, 0.6) is 0 Å². The Balaban J connectivity index is 2.12. The molecule has 20 heavy (non-hydrogen) atoms. The highest BCUT2D eigenvalue weighted by molar-refractivity contribution is 5.33. The van der Waals surface area contributed by atoms with Gasteiger partial charge in [-0.15, -0.1) is 0 Å². The summed E-state index contributed by atoms with van der Waals surface area (Å²) in [5.41, 5.74) is 0.896. The van der Waals surface area contributed by atoms with Crippen LogP contribution in [0.1, 0.15) is 19.5 Å². The van der Waals surface area contributed by atoms with Gasteiger partial charge in [0.25, 0.3) is 0 Å². The van der Waals surface area contributed by atoms with Gasteiger partial charge in [-0.1, -0.05) is 13.8 Å². The third kappa shape index (κ3) is 3.39. The molecule has 1 heterocycles. The van der Waals surface area contributed by atoms with E-state index in [4.69, 9.17) is 0 Å². The summed E-state index contributed by atoms with van der Waals surface area (Å²) in [6, 6.07) is 3.57. The van der Waals surface area contributed by atoms with Gasteiger partial charge in [-0.25, -0.2) is 17.9 Å². The average molecular weight is 283 g/mol. The number of hydrogen-bond acceptors (Lipinski definition) is 2. The molecule has 0 saturated heterocycles. The van der Waals surface area contributed by atoms with Crippen LogP contribution in [0.2, 0.25) is 0 Å². The normalized spacial score (nSPS) is 11.3. The van der Waals surface area contributed by atoms with Gasteiger partial charge in [0.15, 0.2) is 17.5 Å². The van der Waals surface area contributed by atoms with E-state index in [1.165, 1.54) is 4.68 Å². The highest BCUT2D eigenvalue weighted by Gasteiger charge is 2.12. The summed E-state index contributed by atoms with van der Waals surface area (Å²) in [7, 11) is 0. The van der Waals surface area contributed by atoms with Crippen molar-refractivity contribution < 1.29 is 13.2 Å². The van der Waals surface area contributed by atoms with E-state index in [0.717, 1.165) is 24.4 Å². The van der Waals surface area contributed by atoms with E-state index in [9.17, 15) is 13.2 Å². The van der Waals surface area contributed by atoms with E-state index in [1.807, 2.05) is 0 Å². The van der Waals surface area contributed by atoms with Crippen molar-refractivity contribution in [3.8, 4) is 5.69 Å². The maximum atomic E-state index is 13.2. The molecule has 1 N–H and O–H groups in total. The molecule has 0 fully saturated rings. The third-order valence-corrected chi connectivity index (χ3v) is 2.74. The molecule has 0 spiro atoms. The van der Waals surface area contributed by atoms with E-state index in [-0.39, 0.29) is 5.69 Å². The first-order valence-electron chi connectivity index (χ1n) is 6.37. The fourth-order valence-corrected chi connectivity index (χ4v) is 1.76. The second-order valence-electron chi connectivity index (χ2n) is 5.00. The van der Waals surface area contributed by atoms with Crippen molar-refractivity contribution in [3.63, 3.8) is 0 Å². The lowest BCUT2D eigenvalue weighted by Gasteiger charge is -2.05. The van der Waals surface area contributed by atoms with Gasteiger partial charge in [-0.3, -0.25) is 0 Å². The standard InChI is InChI=1S/C14H16F3N3/c1-9(2)7-18-8-10-3-4-20(19-10)11-5-12(15)14(17)13(16)6-11/h3-6,9,18H,7-8H2,1-2H3. The van der Waals surface area contributed by atoms with Crippen LogP contribution in [-0.2, 0) is 6.54 Å². The smallest absolute Gasteiger partial charge is 0.194 e. The van der Waals surface area contributed by atoms with E-state index >= 15 is 0 Å². The Bertz CT molecular complexity index is 570. The Labute approximate surface area is 115 Å². The molecule has 108 valence electrons. The van der Waals surface area contributed by atoms with Crippen molar-refractivity contribution in [1.29, 1.82) is 0 Å². The predicted molar refractivity (Wildman–Crippen MR) is 70.0 cm³/mol. The largest absolute Gasteiger partial charge is 0.311 e. The molecule has 0 aliphatic rings. The SMILES string of the molecule is CC(C)CNCc1ccn(-c2cc(F)c(F)c(F)c2)n1. The molecule has 0 saturated carbocycles. The lowest BCUT2D eigenvalue weighted by atomic mass is 10.2. The molecule has 0 radical (unpaired) electrons. The molecule has 0 amide bonds. The van der Waals surface area contributed by atoms with Gasteiger partial charge in [0, 0.05) is 24.9 Å². The second kappa shape index (κ2) is 6.09. The summed E-state index contributed by atoms with van der Waals surface area (Å²) in [6.45, 7) is 5.61. The van der Waals surface area contributed by atoms with Gasteiger partial charge in [-0.2, -0.15) is 5.10 Å². The number of halogens is 3. The van der Waals surface area contributed by atoms with Crippen LogP contribution in [-0.4, -0.2) is 16.3 Å². The van der Waals surface area contributed by atoms with Crippen LogP contribution in [0.15, 0.2) is 24.4 Å². The van der Waals surface area contributed by atoms with Crippen molar-refractivity contribution in [3.05, 3.63) is 47.5 Å². The van der Waals surface area contributed by atoms with Crippen LogP contribution in [0, 0.1) is 23.4 Å². The van der Waals surface area contributed by atoms with Crippen LogP contribution >= 0.6 is 0 Å². The zero-order valence-corrected chi connectivity index (χ0v) is 11.3. The van der Waals surface area contributed by atoms with Gasteiger partial charge >= 0.3 is 0 Å². The van der Waals surface area contributed by atoms with Crippen LogP contribution in [0.4, 0.5) is 13.2 Å². The highest BCUT2D eigenvalue weighted by atomic mass is 19.2. The number of rotatable bonds is 5. The average Bonchev–Trinajstić information content (AvgIpc) is 2.83. The summed E-state index contributed by atoms with van der Waals surface area (Å²) < 4.78 is 40.5. The zero-order valence-electron chi connectivity index (χ0n) is 11.3. The number of benzene rings is 1. The quantitative estimate of drug-likeness (QED) is 0.855. The second-order valence-corrected chi connectivity index (χ2v) is 5.00. The molecule has 1 aromatic carbocycles. The first-order valence-corrected chi connectivity index (χ1v) is 6.37. The molecule has 0 aliphatic carbocycles. The lowest BCUT2D eigenvalue weighted by molar-refractivity contribution is 0.446. The number of nitrogens with one attached hydrogen (secondary N) is 1. The van der Waals surface area contributed by atoms with Gasteiger partial charge in [0.05, 0.1) is 11.4 Å². The Morgan fingerprint density at radius 3 is 2.45 bits per heavy atom. The maximum Gasteiger partial charge on any atom is 0.194 e. The molecule has 1 aromatic heterocycles. The van der Waals surface area contributed by atoms with Gasteiger partial charge in [0.1, 0.15) is 0 Å². The molecule has 2 rings (SSSR count). The summed E-state index contributed by atoms with van der Waals surface area (Å²) in [6.07, 6.45) is 1.58. The van der Waals surface area contributed by atoms with Crippen molar-refractivity contribution in [2.45, 2.75) is 20.4 Å². The van der Waals surface area contributed by atoms with Crippen LogP contribution in [0.25, 0.3) is 5.69 Å². The zero-order chi connectivity index (χ0) is 14.7. The molecule has 6 heteroatoms. The molecule has 3 nitrogen and oxygen atoms in total. The first kappa shape index (κ1) is 14.6. The fourth-order valence-electron chi connectivity index (χ4n) is 1.76. The molecular formula is C14H16F3N3. The van der Waals surface area contributed by atoms with Crippen molar-refractivity contribution >= 4 is 0 Å². The van der Waals surface area contributed by atoms with Gasteiger partial charge in [-0.05, 0) is 18.5 Å². The van der Waals surface area contributed by atoms with E-state index < -0.39 is 17.5 Å². The number of nitrogens with zero attached hydrogens (tertiary/aromatic N) is 2. The van der Waals surface area contributed by atoms with Crippen molar-refractivity contribution in [2.24, 2.45) is 5.92 Å². The van der Waals surface area contributed by atoms with E-state index in [0.29, 0.717) is 12.5 Å². The molecule has 0 atom stereocenters. The minimum Gasteiger partial charge on any atom is -0.311 e. The first-order chi connectivity index (χ1) is 9.47. The van der Waals surface area contributed by atoms with Gasteiger partial charge < -0.3 is 5.32 Å². The minimum atomic E-state index is -1.47. The summed E-state index contributed by atoms with van der Waals surface area (Å²) in [5, 5.41) is 7.40. The van der Waals surface area contributed by atoms with Gasteiger partial charge in [0.2, 0.25) is 0 Å². The molecule has 2 aromatic rings. The number of hydrogen-bond donors (Lipinski definition) is 1. The minimum absolute atomic E-state index is 0.150. The molecule has 0 bridgehead atoms. The van der Waals surface area contributed by atoms with Crippen molar-refractivity contribution in [2.75, 3.05) is 6.54 Å². The Morgan fingerprint density at radius 1 is 1.20 bits per heavy atom. The molecular weight excluding hydrogens is 267 g/mol. The van der Waals surface area contributed by atoms with Crippen molar-refractivity contribution in [1.82, 2.24) is 15.1 Å². The number of aromatic nitrogens is 2. The Hall–Kier alpha value is -1.82.